The number of anilines is 3. The predicted molar refractivity (Wildman–Crippen MR) is 164 cm³/mol. The Kier molecular flexibility index (Phi) is 6.67. The van der Waals surface area contributed by atoms with E-state index in [2.05, 4.69) is 15.4 Å². The molecule has 2 aromatic carbocycles. The molecule has 4 aromatic rings. The molecule has 2 atom stereocenters. The molecule has 7 rings (SSSR count). The second-order valence-electron chi connectivity index (χ2n) is 12.6. The maximum atomic E-state index is 13.7. The van der Waals surface area contributed by atoms with Gasteiger partial charge in [-0.15, -0.1) is 5.10 Å². The molecule has 3 aliphatic rings. The van der Waals surface area contributed by atoms with Crippen LogP contribution in [-0.4, -0.2) is 76.0 Å². The van der Waals surface area contributed by atoms with E-state index in [1.807, 2.05) is 6.07 Å². The first-order valence-corrected chi connectivity index (χ1v) is 14.7. The van der Waals surface area contributed by atoms with Gasteiger partial charge in [0.15, 0.2) is 11.6 Å². The van der Waals surface area contributed by atoms with Gasteiger partial charge in [-0.3, -0.25) is 4.79 Å². The van der Waals surface area contributed by atoms with Gasteiger partial charge in [-0.05, 0) is 68.7 Å². The summed E-state index contributed by atoms with van der Waals surface area (Å²) in [6.45, 7) is 6.38. The monoisotopic (exact) mass is 628 g/mol. The average molecular weight is 629 g/mol. The van der Waals surface area contributed by atoms with Crippen LogP contribution in [0.25, 0.3) is 10.9 Å². The van der Waals surface area contributed by atoms with Crippen molar-refractivity contribution in [3.05, 3.63) is 59.4 Å². The van der Waals surface area contributed by atoms with Crippen molar-refractivity contribution >= 4 is 46.3 Å². The van der Waals surface area contributed by atoms with E-state index in [0.29, 0.717) is 59.2 Å². The van der Waals surface area contributed by atoms with Crippen molar-refractivity contribution in [2.24, 2.45) is 0 Å². The van der Waals surface area contributed by atoms with Crippen LogP contribution in [0.5, 0.6) is 11.6 Å². The molecule has 2 aliphatic heterocycles. The minimum absolute atomic E-state index is 0.115. The number of carboxylic acid groups (broad SMARTS) is 1. The zero-order valence-corrected chi connectivity index (χ0v) is 25.9. The summed E-state index contributed by atoms with van der Waals surface area (Å²) in [6, 6.07) is 10.4. The molecule has 0 radical (unpaired) electrons. The predicted octanol–water partition coefficient (Wildman–Crippen LogP) is 4.93. The van der Waals surface area contributed by atoms with Crippen molar-refractivity contribution in [2.75, 3.05) is 37.7 Å². The Morgan fingerprint density at radius 3 is 2.52 bits per heavy atom. The van der Waals surface area contributed by atoms with E-state index in [1.54, 1.807) is 57.3 Å². The summed E-state index contributed by atoms with van der Waals surface area (Å²) in [6.07, 6.45) is -0.0101. The van der Waals surface area contributed by atoms with Crippen LogP contribution < -0.4 is 19.7 Å². The fraction of sp³-hybridized carbons (Fsp3) is 0.375. The molecule has 1 spiro atoms. The maximum Gasteiger partial charge on any atom is 0.435 e. The molecule has 14 nitrogen and oxygen atoms in total. The molecule has 2 N–H and O–H groups in total. The summed E-state index contributed by atoms with van der Waals surface area (Å²) in [7, 11) is 3.00. The molecular weight excluding hydrogens is 596 g/mol. The van der Waals surface area contributed by atoms with Crippen molar-refractivity contribution < 1.29 is 38.4 Å². The topological polar surface area (TPSA) is 167 Å². The number of carbonyl (C=O) groups is 3. The van der Waals surface area contributed by atoms with Gasteiger partial charge in [0.05, 0.1) is 55.9 Å². The number of imide groups is 1. The number of nitrogens with one attached hydrogen (secondary N) is 1. The van der Waals surface area contributed by atoms with Gasteiger partial charge >= 0.3 is 12.2 Å². The molecule has 1 aliphatic carbocycles. The van der Waals surface area contributed by atoms with Crippen molar-refractivity contribution in [1.29, 1.82) is 0 Å². The third kappa shape index (κ3) is 4.59. The van der Waals surface area contributed by atoms with Crippen LogP contribution in [0.2, 0.25) is 0 Å². The zero-order chi connectivity index (χ0) is 32.5. The Morgan fingerprint density at radius 2 is 1.87 bits per heavy atom. The average Bonchev–Trinajstić information content (AvgIpc) is 3.57. The SMILES string of the molecule is COc1ccc2c(c1)[C@]1(C[C@H]1c1ccc3c(Nc4nc(C5COC5)cnc4OC)nn(C(=O)OC(C)(C)C)c3c1)C(=O)N2C(=O)O. The van der Waals surface area contributed by atoms with E-state index in [4.69, 9.17) is 23.9 Å². The Balaban J connectivity index is 1.31. The first-order valence-electron chi connectivity index (χ1n) is 14.7. The van der Waals surface area contributed by atoms with Crippen LogP contribution in [0.3, 0.4) is 0 Å². The van der Waals surface area contributed by atoms with E-state index in [9.17, 15) is 19.5 Å². The van der Waals surface area contributed by atoms with Gasteiger partial charge < -0.3 is 29.4 Å². The van der Waals surface area contributed by atoms with Gasteiger partial charge in [0.2, 0.25) is 5.91 Å². The number of hydrogen-bond donors (Lipinski definition) is 2. The molecule has 2 fully saturated rings. The Hall–Kier alpha value is -5.24. The number of aromatic nitrogens is 4. The first kappa shape index (κ1) is 29.5. The smallest absolute Gasteiger partial charge is 0.435 e. The number of fused-ring (bicyclic) bond motifs is 3. The number of nitrogens with zero attached hydrogens (tertiary/aromatic N) is 5. The minimum atomic E-state index is -1.35. The summed E-state index contributed by atoms with van der Waals surface area (Å²) in [5, 5.41) is 18.3. The zero-order valence-electron chi connectivity index (χ0n) is 25.9. The molecule has 46 heavy (non-hydrogen) atoms. The summed E-state index contributed by atoms with van der Waals surface area (Å²) in [5.41, 5.74) is 0.935. The van der Waals surface area contributed by atoms with Crippen molar-refractivity contribution in [2.45, 2.75) is 50.0 Å². The molecule has 0 bridgehead atoms. The summed E-state index contributed by atoms with van der Waals surface area (Å²) in [4.78, 5) is 49.2. The van der Waals surface area contributed by atoms with Crippen LogP contribution in [0.1, 0.15) is 55.8 Å². The second-order valence-corrected chi connectivity index (χ2v) is 12.6. The molecule has 14 heteroatoms. The highest BCUT2D eigenvalue weighted by atomic mass is 16.6. The van der Waals surface area contributed by atoms with Gasteiger partial charge in [-0.25, -0.2) is 24.5 Å². The molecule has 2 amide bonds. The van der Waals surface area contributed by atoms with E-state index in [1.165, 1.54) is 18.9 Å². The maximum absolute atomic E-state index is 13.7. The lowest BCUT2D eigenvalue weighted by Crippen LogP contribution is -2.36. The third-order valence-electron chi connectivity index (χ3n) is 8.58. The molecule has 4 heterocycles. The highest BCUT2D eigenvalue weighted by Gasteiger charge is 2.68. The number of amides is 2. The van der Waals surface area contributed by atoms with Crippen LogP contribution in [0.4, 0.5) is 26.9 Å². The number of ether oxygens (including phenoxy) is 4. The lowest BCUT2D eigenvalue weighted by molar-refractivity contribution is -0.119. The van der Waals surface area contributed by atoms with Crippen molar-refractivity contribution in [3.8, 4) is 11.6 Å². The van der Waals surface area contributed by atoms with Crippen molar-refractivity contribution in [1.82, 2.24) is 19.7 Å². The highest BCUT2D eigenvalue weighted by molar-refractivity contribution is 6.22. The summed E-state index contributed by atoms with van der Waals surface area (Å²) in [5.74, 6) is 0.649. The number of methoxy groups -OCH3 is 2. The molecule has 2 aromatic heterocycles. The second kappa shape index (κ2) is 10.4. The lowest BCUT2D eigenvalue weighted by Gasteiger charge is -2.25. The normalized spacial score (nSPS) is 20.4. The number of benzene rings is 2. The Labute approximate surface area is 263 Å². The van der Waals surface area contributed by atoms with E-state index in [0.717, 1.165) is 16.2 Å². The van der Waals surface area contributed by atoms with Crippen LogP contribution in [-0.2, 0) is 19.7 Å². The van der Waals surface area contributed by atoms with Gasteiger partial charge in [0.25, 0.3) is 5.88 Å². The van der Waals surface area contributed by atoms with E-state index in [-0.39, 0.29) is 17.7 Å². The highest BCUT2D eigenvalue weighted by Crippen LogP contribution is 2.67. The number of hydrogen-bond acceptors (Lipinski definition) is 11. The minimum Gasteiger partial charge on any atom is -0.497 e. The number of carbonyl (C=O) groups excluding carboxylic acids is 2. The van der Waals surface area contributed by atoms with E-state index < -0.39 is 29.1 Å². The van der Waals surface area contributed by atoms with Gasteiger partial charge in [0, 0.05) is 17.2 Å². The van der Waals surface area contributed by atoms with Crippen molar-refractivity contribution in [3.63, 3.8) is 0 Å². The van der Waals surface area contributed by atoms with Gasteiger partial charge in [0.1, 0.15) is 11.4 Å². The summed E-state index contributed by atoms with van der Waals surface area (Å²) < 4.78 is 23.0. The lowest BCUT2D eigenvalue weighted by atomic mass is 9.91. The third-order valence-corrected chi connectivity index (χ3v) is 8.58. The molecular formula is C32H32N6O8. The first-order chi connectivity index (χ1) is 21.9. The standard InChI is InChI=1S/C32H32N6O8/c1-31(2,3)46-30(42)38-24-10-16(21-12-32(21)20-11-18(43-4)7-9-23(20)37(28(32)39)29(40)41)6-8-19(24)25(36-38)35-26-27(44-5)33-13-22(34-26)17-14-45-15-17/h6-11,13,17,21H,12,14-15H2,1-5H3,(H,40,41)(H,34,35,36)/t21-,32-/m0/s1. The van der Waals surface area contributed by atoms with Gasteiger partial charge in [-0.2, -0.15) is 4.68 Å². The Morgan fingerprint density at radius 1 is 1.09 bits per heavy atom. The van der Waals surface area contributed by atoms with Crippen LogP contribution in [0.15, 0.2) is 42.6 Å². The molecule has 1 saturated heterocycles. The van der Waals surface area contributed by atoms with Crippen LogP contribution >= 0.6 is 0 Å². The largest absolute Gasteiger partial charge is 0.497 e. The number of rotatable bonds is 6. The Bertz CT molecular complexity index is 1930. The quantitative estimate of drug-likeness (QED) is 0.296. The fourth-order valence-corrected chi connectivity index (χ4v) is 6.23. The molecule has 0 unspecified atom stereocenters. The van der Waals surface area contributed by atoms with E-state index >= 15 is 0 Å². The molecule has 238 valence electrons. The molecule has 1 saturated carbocycles. The fourth-order valence-electron chi connectivity index (χ4n) is 6.23. The summed E-state index contributed by atoms with van der Waals surface area (Å²) >= 11 is 0. The van der Waals surface area contributed by atoms with Gasteiger partial charge in [-0.1, -0.05) is 6.07 Å². The van der Waals surface area contributed by atoms with Crippen LogP contribution in [0, 0.1) is 0 Å².